The largest absolute Gasteiger partial charge is 0.481 e. The molecule has 1 saturated carbocycles. The summed E-state index contributed by atoms with van der Waals surface area (Å²) < 4.78 is 0. The lowest BCUT2D eigenvalue weighted by molar-refractivity contribution is -0.138. The maximum atomic E-state index is 11.1. The monoisotopic (exact) mass is 296 g/mol. The van der Waals surface area contributed by atoms with Gasteiger partial charge in [0.25, 0.3) is 0 Å². The average molecular weight is 296 g/mol. The van der Waals surface area contributed by atoms with Gasteiger partial charge in [-0.1, -0.05) is 20.8 Å². The molecule has 4 nitrogen and oxygen atoms in total. The van der Waals surface area contributed by atoms with Gasteiger partial charge in [0.1, 0.15) is 0 Å². The van der Waals surface area contributed by atoms with Crippen LogP contribution in [0.25, 0.3) is 0 Å². The van der Waals surface area contributed by atoms with Crippen molar-refractivity contribution in [1.82, 2.24) is 10.2 Å². The van der Waals surface area contributed by atoms with Crippen LogP contribution in [-0.2, 0) is 4.79 Å². The van der Waals surface area contributed by atoms with Gasteiger partial charge in [-0.15, -0.1) is 0 Å². The van der Waals surface area contributed by atoms with Crippen LogP contribution >= 0.6 is 0 Å². The topological polar surface area (TPSA) is 52.6 Å². The fraction of sp³-hybridized carbons (Fsp3) is 0.941. The van der Waals surface area contributed by atoms with Crippen molar-refractivity contribution < 1.29 is 9.90 Å². The minimum Gasteiger partial charge on any atom is -0.481 e. The van der Waals surface area contributed by atoms with Gasteiger partial charge in [0.15, 0.2) is 0 Å². The van der Waals surface area contributed by atoms with Gasteiger partial charge in [0.05, 0.1) is 0 Å². The smallest absolute Gasteiger partial charge is 0.303 e. The van der Waals surface area contributed by atoms with E-state index < -0.39 is 5.97 Å². The number of carboxylic acids is 1. The highest BCUT2D eigenvalue weighted by Crippen LogP contribution is 2.34. The molecule has 0 aromatic carbocycles. The molecule has 4 atom stereocenters. The van der Waals surface area contributed by atoms with Gasteiger partial charge in [-0.3, -0.25) is 9.69 Å². The van der Waals surface area contributed by atoms with Crippen molar-refractivity contribution >= 4 is 5.97 Å². The summed E-state index contributed by atoms with van der Waals surface area (Å²) in [5.74, 6) is 1.16. The summed E-state index contributed by atoms with van der Waals surface area (Å²) >= 11 is 0. The standard InChI is InChI=1S/C17H32N2O2/c1-12(2)6-7-18-15-8-14(9-17(20)21)10-19(11-15)16-5-4-13(16)3/h12-16,18H,4-11H2,1-3H3,(H,20,21). The summed E-state index contributed by atoms with van der Waals surface area (Å²) in [6, 6.07) is 1.16. The third-order valence-corrected chi connectivity index (χ3v) is 5.23. The van der Waals surface area contributed by atoms with Crippen molar-refractivity contribution in [1.29, 1.82) is 0 Å². The van der Waals surface area contributed by atoms with Gasteiger partial charge in [-0.05, 0) is 50.0 Å². The predicted octanol–water partition coefficient (Wildman–Crippen LogP) is 2.59. The molecular weight excluding hydrogens is 264 g/mol. The fourth-order valence-corrected chi connectivity index (χ4v) is 3.82. The van der Waals surface area contributed by atoms with Gasteiger partial charge >= 0.3 is 5.97 Å². The number of aliphatic carboxylic acids is 1. The SMILES string of the molecule is CC(C)CCNC1CC(CC(=O)O)CN(C2CCC2C)C1. The first-order chi connectivity index (χ1) is 9.95. The van der Waals surface area contributed by atoms with Gasteiger partial charge < -0.3 is 10.4 Å². The van der Waals surface area contributed by atoms with E-state index >= 15 is 0 Å². The van der Waals surface area contributed by atoms with E-state index in [4.69, 9.17) is 5.11 Å². The number of hydrogen-bond donors (Lipinski definition) is 2. The molecule has 2 rings (SSSR count). The first kappa shape index (κ1) is 16.8. The van der Waals surface area contributed by atoms with Crippen molar-refractivity contribution in [3.8, 4) is 0 Å². The van der Waals surface area contributed by atoms with Crippen LogP contribution in [0.1, 0.15) is 52.9 Å². The van der Waals surface area contributed by atoms with E-state index in [0.29, 0.717) is 24.4 Å². The normalized spacial score (nSPS) is 33.9. The van der Waals surface area contributed by atoms with Gasteiger partial charge in [-0.2, -0.15) is 0 Å². The Kier molecular flexibility index (Phi) is 6.06. The van der Waals surface area contributed by atoms with E-state index in [-0.39, 0.29) is 0 Å². The molecule has 0 radical (unpaired) electrons. The van der Waals surface area contributed by atoms with Crippen LogP contribution in [0.3, 0.4) is 0 Å². The van der Waals surface area contributed by atoms with Crippen LogP contribution in [0.4, 0.5) is 0 Å². The molecule has 1 heterocycles. The molecule has 2 aliphatic rings. The lowest BCUT2D eigenvalue weighted by Crippen LogP contribution is -2.57. The number of carbonyl (C=O) groups is 1. The molecule has 21 heavy (non-hydrogen) atoms. The molecule has 122 valence electrons. The molecule has 2 fully saturated rings. The second-order valence-corrected chi connectivity index (χ2v) is 7.61. The maximum Gasteiger partial charge on any atom is 0.303 e. The first-order valence-corrected chi connectivity index (χ1v) is 8.65. The van der Waals surface area contributed by atoms with Crippen LogP contribution in [0.2, 0.25) is 0 Å². The lowest BCUT2D eigenvalue weighted by Gasteiger charge is -2.48. The lowest BCUT2D eigenvalue weighted by atomic mass is 9.78. The second kappa shape index (κ2) is 7.59. The van der Waals surface area contributed by atoms with Gasteiger partial charge in [0.2, 0.25) is 0 Å². The van der Waals surface area contributed by atoms with Gasteiger partial charge in [0, 0.05) is 31.6 Å². The highest BCUT2D eigenvalue weighted by atomic mass is 16.4. The maximum absolute atomic E-state index is 11.1. The van der Waals surface area contributed by atoms with Crippen LogP contribution in [0, 0.1) is 17.8 Å². The van der Waals surface area contributed by atoms with E-state index in [1.807, 2.05) is 0 Å². The van der Waals surface area contributed by atoms with Crippen LogP contribution in [0.15, 0.2) is 0 Å². The number of nitrogens with one attached hydrogen (secondary N) is 1. The Labute approximate surface area is 129 Å². The minimum atomic E-state index is -0.649. The summed E-state index contributed by atoms with van der Waals surface area (Å²) in [5.41, 5.74) is 0. The molecule has 4 heteroatoms. The molecule has 2 N–H and O–H groups in total. The molecule has 0 bridgehead atoms. The number of hydrogen-bond acceptors (Lipinski definition) is 3. The zero-order valence-electron chi connectivity index (χ0n) is 13.8. The van der Waals surface area contributed by atoms with E-state index in [9.17, 15) is 4.79 Å². The number of rotatable bonds is 7. The third-order valence-electron chi connectivity index (χ3n) is 5.23. The molecule has 0 aromatic heterocycles. The fourth-order valence-electron chi connectivity index (χ4n) is 3.82. The predicted molar refractivity (Wildman–Crippen MR) is 85.4 cm³/mol. The Bertz CT molecular complexity index is 346. The summed E-state index contributed by atoms with van der Waals surface area (Å²) in [6.45, 7) is 9.95. The highest BCUT2D eigenvalue weighted by molar-refractivity contribution is 5.67. The van der Waals surface area contributed by atoms with Crippen molar-refractivity contribution in [3.05, 3.63) is 0 Å². The Balaban J connectivity index is 1.88. The van der Waals surface area contributed by atoms with Crippen LogP contribution < -0.4 is 5.32 Å². The molecule has 1 aliphatic heterocycles. The molecule has 1 aliphatic carbocycles. The third kappa shape index (κ3) is 4.96. The molecule has 4 unspecified atom stereocenters. The number of likely N-dealkylation sites (tertiary alicyclic amines) is 1. The van der Waals surface area contributed by atoms with Crippen molar-refractivity contribution in [2.75, 3.05) is 19.6 Å². The van der Waals surface area contributed by atoms with E-state index in [2.05, 4.69) is 31.0 Å². The van der Waals surface area contributed by atoms with E-state index in [1.54, 1.807) is 0 Å². The molecule has 0 amide bonds. The van der Waals surface area contributed by atoms with Crippen LogP contribution in [0.5, 0.6) is 0 Å². The van der Waals surface area contributed by atoms with Crippen molar-refractivity contribution in [3.63, 3.8) is 0 Å². The molecule has 0 aromatic rings. The molecule has 1 saturated heterocycles. The average Bonchev–Trinajstić information content (AvgIpc) is 2.35. The Morgan fingerprint density at radius 1 is 1.33 bits per heavy atom. The number of piperidine rings is 1. The molecular formula is C17H32N2O2. The highest BCUT2D eigenvalue weighted by Gasteiger charge is 2.37. The van der Waals surface area contributed by atoms with Crippen molar-refractivity contribution in [2.24, 2.45) is 17.8 Å². The zero-order chi connectivity index (χ0) is 15.4. The van der Waals surface area contributed by atoms with E-state index in [0.717, 1.165) is 37.9 Å². The molecule has 0 spiro atoms. The first-order valence-electron chi connectivity index (χ1n) is 8.65. The van der Waals surface area contributed by atoms with Crippen LogP contribution in [-0.4, -0.2) is 47.7 Å². The minimum absolute atomic E-state index is 0.306. The van der Waals surface area contributed by atoms with Crippen molar-refractivity contribution in [2.45, 2.75) is 65.0 Å². The van der Waals surface area contributed by atoms with Gasteiger partial charge in [-0.25, -0.2) is 0 Å². The Morgan fingerprint density at radius 3 is 2.62 bits per heavy atom. The summed E-state index contributed by atoms with van der Waals surface area (Å²) in [4.78, 5) is 13.6. The Morgan fingerprint density at radius 2 is 2.10 bits per heavy atom. The second-order valence-electron chi connectivity index (χ2n) is 7.61. The zero-order valence-corrected chi connectivity index (χ0v) is 13.8. The number of nitrogens with zero attached hydrogens (tertiary/aromatic N) is 1. The summed E-state index contributed by atoms with van der Waals surface area (Å²) in [6.07, 6.45) is 5.15. The Hall–Kier alpha value is -0.610. The quantitative estimate of drug-likeness (QED) is 0.758. The number of carboxylic acid groups (broad SMARTS) is 1. The van der Waals surface area contributed by atoms with E-state index in [1.165, 1.54) is 19.3 Å². The summed E-state index contributed by atoms with van der Waals surface area (Å²) in [5, 5.41) is 12.8. The summed E-state index contributed by atoms with van der Waals surface area (Å²) in [7, 11) is 0.